The minimum absolute atomic E-state index is 0.0153. The van der Waals surface area contributed by atoms with Gasteiger partial charge in [-0.1, -0.05) is 6.92 Å². The van der Waals surface area contributed by atoms with Gasteiger partial charge in [-0.3, -0.25) is 4.79 Å². The normalized spacial score (nSPS) is 18.5. The summed E-state index contributed by atoms with van der Waals surface area (Å²) in [5, 5.41) is 4.29. The molecule has 0 aliphatic carbocycles. The number of nitrogens with zero attached hydrogens (tertiary/aromatic N) is 4. The van der Waals surface area contributed by atoms with Crippen molar-refractivity contribution in [3.8, 4) is 0 Å². The van der Waals surface area contributed by atoms with Crippen molar-refractivity contribution in [1.29, 1.82) is 0 Å². The lowest BCUT2D eigenvalue weighted by molar-refractivity contribution is 0.0749. The molecule has 1 fully saturated rings. The van der Waals surface area contributed by atoms with Crippen LogP contribution in [-0.4, -0.2) is 51.7 Å². The van der Waals surface area contributed by atoms with E-state index in [1.807, 2.05) is 4.90 Å². The van der Waals surface area contributed by atoms with Gasteiger partial charge in [0, 0.05) is 44.1 Å². The first-order valence-corrected chi connectivity index (χ1v) is 7.45. The standard InChI is InChI=1S/C15H20N4O2/c1-2-8-21-11-12-4-7-18(10-12)15(20)13-9-14-16-5-3-6-19(14)17-13/h3,5-6,9,12H,2,4,7-8,10-11H2,1H3/t12-/m1/s1. The van der Waals surface area contributed by atoms with Gasteiger partial charge in [0.25, 0.3) is 5.91 Å². The summed E-state index contributed by atoms with van der Waals surface area (Å²) in [7, 11) is 0. The summed E-state index contributed by atoms with van der Waals surface area (Å²) >= 11 is 0. The minimum Gasteiger partial charge on any atom is -0.381 e. The van der Waals surface area contributed by atoms with Crippen LogP contribution < -0.4 is 0 Å². The molecule has 1 saturated heterocycles. The number of hydrogen-bond acceptors (Lipinski definition) is 4. The molecule has 1 aliphatic heterocycles. The van der Waals surface area contributed by atoms with Gasteiger partial charge in [0.2, 0.25) is 0 Å². The first kappa shape index (κ1) is 14.0. The van der Waals surface area contributed by atoms with E-state index in [9.17, 15) is 4.79 Å². The zero-order chi connectivity index (χ0) is 14.7. The number of hydrogen-bond donors (Lipinski definition) is 0. The number of amides is 1. The summed E-state index contributed by atoms with van der Waals surface area (Å²) in [5.41, 5.74) is 1.16. The first-order valence-electron chi connectivity index (χ1n) is 7.45. The van der Waals surface area contributed by atoms with Gasteiger partial charge >= 0.3 is 0 Å². The molecule has 2 aromatic rings. The number of ether oxygens (including phenoxy) is 1. The van der Waals surface area contributed by atoms with E-state index < -0.39 is 0 Å². The van der Waals surface area contributed by atoms with Crippen LogP contribution in [0.5, 0.6) is 0 Å². The molecule has 0 saturated carbocycles. The lowest BCUT2D eigenvalue weighted by atomic mass is 10.1. The summed E-state index contributed by atoms with van der Waals surface area (Å²) < 4.78 is 7.21. The Morgan fingerprint density at radius 3 is 3.24 bits per heavy atom. The van der Waals surface area contributed by atoms with Crippen molar-refractivity contribution in [2.75, 3.05) is 26.3 Å². The third-order valence-electron chi connectivity index (χ3n) is 3.73. The van der Waals surface area contributed by atoms with E-state index in [0.717, 1.165) is 39.1 Å². The molecule has 21 heavy (non-hydrogen) atoms. The van der Waals surface area contributed by atoms with Crippen LogP contribution in [0.1, 0.15) is 30.3 Å². The van der Waals surface area contributed by atoms with Gasteiger partial charge in [0.1, 0.15) is 0 Å². The number of rotatable bonds is 5. The quantitative estimate of drug-likeness (QED) is 0.784. The average molecular weight is 288 g/mol. The van der Waals surface area contributed by atoms with Crippen LogP contribution in [0.15, 0.2) is 24.5 Å². The molecule has 3 rings (SSSR count). The number of fused-ring (bicyclic) bond motifs is 1. The van der Waals surface area contributed by atoms with Crippen molar-refractivity contribution in [1.82, 2.24) is 19.5 Å². The number of carbonyl (C=O) groups excluding carboxylic acids is 1. The summed E-state index contributed by atoms with van der Waals surface area (Å²) in [4.78, 5) is 18.5. The smallest absolute Gasteiger partial charge is 0.274 e. The number of carbonyl (C=O) groups is 1. The molecule has 3 heterocycles. The average Bonchev–Trinajstić information content (AvgIpc) is 3.13. The van der Waals surface area contributed by atoms with Crippen LogP contribution >= 0.6 is 0 Å². The van der Waals surface area contributed by atoms with Crippen LogP contribution in [0.3, 0.4) is 0 Å². The highest BCUT2D eigenvalue weighted by molar-refractivity contribution is 5.93. The van der Waals surface area contributed by atoms with Crippen molar-refractivity contribution in [3.63, 3.8) is 0 Å². The molecule has 6 heteroatoms. The zero-order valence-corrected chi connectivity index (χ0v) is 12.2. The fourth-order valence-electron chi connectivity index (χ4n) is 2.64. The monoisotopic (exact) mass is 288 g/mol. The maximum atomic E-state index is 12.5. The maximum Gasteiger partial charge on any atom is 0.274 e. The van der Waals surface area contributed by atoms with E-state index in [0.29, 0.717) is 17.3 Å². The lowest BCUT2D eigenvalue weighted by Crippen LogP contribution is -2.29. The Labute approximate surface area is 123 Å². The Kier molecular flexibility index (Phi) is 4.15. The highest BCUT2D eigenvalue weighted by atomic mass is 16.5. The Hall–Kier alpha value is -1.95. The van der Waals surface area contributed by atoms with E-state index in [1.54, 1.807) is 29.0 Å². The number of aromatic nitrogens is 3. The summed E-state index contributed by atoms with van der Waals surface area (Å²) in [6.45, 7) is 5.17. The molecular weight excluding hydrogens is 268 g/mol. The Bertz CT molecular complexity index is 592. The summed E-state index contributed by atoms with van der Waals surface area (Å²) in [6.07, 6.45) is 5.53. The van der Waals surface area contributed by atoms with Crippen LogP contribution in [-0.2, 0) is 4.74 Å². The van der Waals surface area contributed by atoms with Gasteiger partial charge in [-0.25, -0.2) is 9.50 Å². The molecule has 0 unspecified atom stereocenters. The second-order valence-electron chi connectivity index (χ2n) is 5.43. The van der Waals surface area contributed by atoms with E-state index in [-0.39, 0.29) is 5.91 Å². The Morgan fingerprint density at radius 1 is 1.52 bits per heavy atom. The Morgan fingerprint density at radius 2 is 2.43 bits per heavy atom. The largest absolute Gasteiger partial charge is 0.381 e. The van der Waals surface area contributed by atoms with Gasteiger partial charge in [-0.05, 0) is 18.9 Å². The van der Waals surface area contributed by atoms with Crippen LogP contribution in [0.4, 0.5) is 0 Å². The van der Waals surface area contributed by atoms with E-state index in [4.69, 9.17) is 4.74 Å². The van der Waals surface area contributed by atoms with Crippen molar-refractivity contribution in [2.24, 2.45) is 5.92 Å². The highest BCUT2D eigenvalue weighted by Crippen LogP contribution is 2.19. The SMILES string of the molecule is CCCOC[C@@H]1CCN(C(=O)c2cc3ncccn3n2)C1. The molecule has 0 bridgehead atoms. The molecular formula is C15H20N4O2. The Balaban J connectivity index is 1.63. The van der Waals surface area contributed by atoms with Crippen LogP contribution in [0.2, 0.25) is 0 Å². The molecule has 1 atom stereocenters. The molecule has 0 radical (unpaired) electrons. The van der Waals surface area contributed by atoms with Crippen LogP contribution in [0, 0.1) is 5.92 Å². The molecule has 1 amide bonds. The molecule has 0 spiro atoms. The summed E-state index contributed by atoms with van der Waals surface area (Å²) in [5.74, 6) is 0.425. The second-order valence-corrected chi connectivity index (χ2v) is 5.43. The van der Waals surface area contributed by atoms with Crippen molar-refractivity contribution in [2.45, 2.75) is 19.8 Å². The number of likely N-dealkylation sites (tertiary alicyclic amines) is 1. The maximum absolute atomic E-state index is 12.5. The summed E-state index contributed by atoms with van der Waals surface area (Å²) in [6, 6.07) is 3.54. The minimum atomic E-state index is -0.0153. The van der Waals surface area contributed by atoms with E-state index >= 15 is 0 Å². The topological polar surface area (TPSA) is 59.7 Å². The predicted molar refractivity (Wildman–Crippen MR) is 78.1 cm³/mol. The fraction of sp³-hybridized carbons (Fsp3) is 0.533. The fourth-order valence-corrected chi connectivity index (χ4v) is 2.64. The van der Waals surface area contributed by atoms with Gasteiger partial charge < -0.3 is 9.64 Å². The molecule has 2 aromatic heterocycles. The van der Waals surface area contributed by atoms with Gasteiger partial charge in [-0.2, -0.15) is 5.10 Å². The first-order chi connectivity index (χ1) is 10.3. The molecule has 0 aromatic carbocycles. The third-order valence-corrected chi connectivity index (χ3v) is 3.73. The van der Waals surface area contributed by atoms with Gasteiger partial charge in [-0.15, -0.1) is 0 Å². The van der Waals surface area contributed by atoms with Crippen molar-refractivity contribution >= 4 is 11.6 Å². The van der Waals surface area contributed by atoms with E-state index in [1.165, 1.54) is 0 Å². The highest BCUT2D eigenvalue weighted by Gasteiger charge is 2.28. The van der Waals surface area contributed by atoms with Crippen LogP contribution in [0.25, 0.3) is 5.65 Å². The zero-order valence-electron chi connectivity index (χ0n) is 12.2. The lowest BCUT2D eigenvalue weighted by Gasteiger charge is -2.15. The van der Waals surface area contributed by atoms with Crippen molar-refractivity contribution < 1.29 is 9.53 Å². The molecule has 0 N–H and O–H groups in total. The predicted octanol–water partition coefficient (Wildman–Crippen LogP) is 1.62. The molecule has 6 nitrogen and oxygen atoms in total. The second kappa shape index (κ2) is 6.22. The van der Waals surface area contributed by atoms with Gasteiger partial charge in [0.05, 0.1) is 6.61 Å². The van der Waals surface area contributed by atoms with Gasteiger partial charge in [0.15, 0.2) is 11.3 Å². The third kappa shape index (κ3) is 3.05. The van der Waals surface area contributed by atoms with E-state index in [2.05, 4.69) is 17.0 Å². The molecule has 1 aliphatic rings. The molecule has 112 valence electrons. The van der Waals surface area contributed by atoms with Crippen molar-refractivity contribution in [3.05, 3.63) is 30.2 Å².